The van der Waals surface area contributed by atoms with Gasteiger partial charge in [-0.2, -0.15) is 0 Å². The maximum Gasteiger partial charge on any atom is 0.340 e. The molecule has 0 aliphatic heterocycles. The number of rotatable bonds is 6. The summed E-state index contributed by atoms with van der Waals surface area (Å²) in [5, 5.41) is 0. The molecule has 0 unspecified atom stereocenters. The molecule has 0 spiro atoms. The van der Waals surface area contributed by atoms with Gasteiger partial charge in [0.2, 0.25) is 0 Å². The van der Waals surface area contributed by atoms with Crippen LogP contribution < -0.4 is 0 Å². The van der Waals surface area contributed by atoms with Crippen LogP contribution in [0.3, 0.4) is 0 Å². The lowest BCUT2D eigenvalue weighted by Crippen LogP contribution is -2.05. The Morgan fingerprint density at radius 1 is 1.03 bits per heavy atom. The van der Waals surface area contributed by atoms with E-state index in [4.69, 9.17) is 9.47 Å². The summed E-state index contributed by atoms with van der Waals surface area (Å²) in [5.41, 5.74) is 5.38. The van der Waals surface area contributed by atoms with Gasteiger partial charge in [0.15, 0.2) is 0 Å². The van der Waals surface area contributed by atoms with Crippen molar-refractivity contribution >= 4 is 23.8 Å². The maximum atomic E-state index is 11.9. The minimum Gasteiger partial charge on any atom is -0.465 e. The average molecular weight is 404 g/mol. The van der Waals surface area contributed by atoms with Gasteiger partial charge < -0.3 is 14.0 Å². The predicted molar refractivity (Wildman–Crippen MR) is 116 cm³/mol. The molecule has 0 amide bonds. The first-order valence-electron chi connectivity index (χ1n) is 9.64. The molecule has 0 aliphatic carbocycles. The van der Waals surface area contributed by atoms with Gasteiger partial charge >= 0.3 is 11.9 Å². The number of para-hydroxylation sites is 1. The lowest BCUT2D eigenvalue weighted by atomic mass is 10.2. The Hall–Kier alpha value is -3.67. The molecule has 0 saturated heterocycles. The highest BCUT2D eigenvalue weighted by molar-refractivity contribution is 5.96. The van der Waals surface area contributed by atoms with Crippen LogP contribution in [0, 0.1) is 13.8 Å². The fraction of sp³-hybridized carbons (Fsp3) is 0.208. The number of methoxy groups -OCH3 is 1. The monoisotopic (exact) mass is 404 g/mol. The zero-order chi connectivity index (χ0) is 21.7. The zero-order valence-corrected chi connectivity index (χ0v) is 17.5. The van der Waals surface area contributed by atoms with Gasteiger partial charge in [-0.25, -0.2) is 9.59 Å². The first kappa shape index (κ1) is 21.0. The van der Waals surface area contributed by atoms with Crippen molar-refractivity contribution in [1.29, 1.82) is 0 Å². The molecule has 30 heavy (non-hydrogen) atoms. The Morgan fingerprint density at radius 2 is 1.73 bits per heavy atom. The molecule has 2 aromatic carbocycles. The minimum absolute atomic E-state index is 0.331. The van der Waals surface area contributed by atoms with E-state index in [-0.39, 0.29) is 5.97 Å². The van der Waals surface area contributed by atoms with Crippen LogP contribution in [0.5, 0.6) is 0 Å². The molecule has 0 aliphatic rings. The van der Waals surface area contributed by atoms with E-state index in [9.17, 15) is 9.59 Å². The predicted octanol–water partition coefficient (Wildman–Crippen LogP) is 4.81. The number of aryl methyl sites for hydroxylation is 1. The third kappa shape index (κ3) is 4.33. The topological polar surface area (TPSA) is 69.9 Å². The molecule has 154 valence electrons. The van der Waals surface area contributed by atoms with Crippen molar-refractivity contribution < 1.29 is 19.1 Å². The summed E-state index contributed by atoms with van der Waals surface area (Å²) < 4.78 is 11.9. The van der Waals surface area contributed by atoms with Crippen molar-refractivity contribution in [2.24, 2.45) is 4.99 Å². The molecule has 0 N–H and O–H groups in total. The van der Waals surface area contributed by atoms with E-state index in [1.165, 1.54) is 7.11 Å². The second kappa shape index (κ2) is 9.22. The van der Waals surface area contributed by atoms with Crippen molar-refractivity contribution in [2.75, 3.05) is 13.7 Å². The molecule has 0 bridgehead atoms. The van der Waals surface area contributed by atoms with Gasteiger partial charge in [0, 0.05) is 28.9 Å². The first-order valence-corrected chi connectivity index (χ1v) is 9.64. The van der Waals surface area contributed by atoms with Crippen molar-refractivity contribution in [3.05, 3.63) is 82.7 Å². The number of benzene rings is 2. The third-order valence-electron chi connectivity index (χ3n) is 4.76. The number of carbonyl (C=O) groups excluding carboxylic acids is 2. The van der Waals surface area contributed by atoms with Crippen molar-refractivity contribution in [3.8, 4) is 5.69 Å². The van der Waals surface area contributed by atoms with Crippen LogP contribution in [0.4, 0.5) is 5.69 Å². The maximum absolute atomic E-state index is 11.9. The van der Waals surface area contributed by atoms with E-state index < -0.39 is 5.97 Å². The van der Waals surface area contributed by atoms with E-state index >= 15 is 0 Å². The molecular weight excluding hydrogens is 380 g/mol. The Labute approximate surface area is 175 Å². The number of carbonyl (C=O) groups is 2. The largest absolute Gasteiger partial charge is 0.465 e. The van der Waals surface area contributed by atoms with E-state index in [0.29, 0.717) is 23.4 Å². The van der Waals surface area contributed by atoms with Crippen molar-refractivity contribution in [2.45, 2.75) is 20.8 Å². The van der Waals surface area contributed by atoms with Gasteiger partial charge in [0.25, 0.3) is 0 Å². The lowest BCUT2D eigenvalue weighted by molar-refractivity contribution is 0.0525. The van der Waals surface area contributed by atoms with Gasteiger partial charge in [-0.15, -0.1) is 0 Å². The van der Waals surface area contributed by atoms with Gasteiger partial charge in [-0.05, 0) is 63.2 Å². The van der Waals surface area contributed by atoms with Gasteiger partial charge in [-0.3, -0.25) is 4.99 Å². The standard InChI is InChI=1S/C24H24N2O4/c1-5-30-23(27)18-10-12-20(13-11-18)26-16(2)14-19(17(26)3)15-25-22-9-7-6-8-21(22)24(28)29-4/h6-15H,5H2,1-4H3. The summed E-state index contributed by atoms with van der Waals surface area (Å²) in [5.74, 6) is -0.753. The number of ether oxygens (including phenoxy) is 2. The van der Waals surface area contributed by atoms with Crippen LogP contribution in [0.1, 0.15) is 44.6 Å². The molecule has 0 saturated carbocycles. The van der Waals surface area contributed by atoms with Crippen LogP contribution >= 0.6 is 0 Å². The molecule has 6 heteroatoms. The summed E-state index contributed by atoms with van der Waals surface area (Å²) in [6.07, 6.45) is 1.74. The lowest BCUT2D eigenvalue weighted by Gasteiger charge is -2.10. The van der Waals surface area contributed by atoms with E-state index in [0.717, 1.165) is 22.6 Å². The third-order valence-corrected chi connectivity index (χ3v) is 4.76. The molecule has 1 aromatic heterocycles. The van der Waals surface area contributed by atoms with Crippen LogP contribution in [0.15, 0.2) is 59.6 Å². The number of aliphatic imine (C=N–C) groups is 1. The summed E-state index contributed by atoms with van der Waals surface area (Å²) >= 11 is 0. The van der Waals surface area contributed by atoms with Crippen molar-refractivity contribution in [3.63, 3.8) is 0 Å². The zero-order valence-electron chi connectivity index (χ0n) is 17.5. The summed E-state index contributed by atoms with van der Waals surface area (Å²) in [4.78, 5) is 28.3. The molecule has 0 atom stereocenters. The molecule has 1 heterocycles. The average Bonchev–Trinajstić information content (AvgIpc) is 3.05. The van der Waals surface area contributed by atoms with Crippen LogP contribution in [-0.4, -0.2) is 36.4 Å². The van der Waals surface area contributed by atoms with E-state index in [2.05, 4.69) is 9.56 Å². The van der Waals surface area contributed by atoms with E-state index in [1.54, 1.807) is 43.5 Å². The highest BCUT2D eigenvalue weighted by Gasteiger charge is 2.13. The van der Waals surface area contributed by atoms with Crippen LogP contribution in [0.25, 0.3) is 5.69 Å². The Kier molecular flexibility index (Phi) is 6.47. The van der Waals surface area contributed by atoms with Crippen LogP contribution in [-0.2, 0) is 9.47 Å². The Bertz CT molecular complexity index is 1090. The molecular formula is C24H24N2O4. The normalized spacial score (nSPS) is 10.9. The number of hydrogen-bond donors (Lipinski definition) is 0. The van der Waals surface area contributed by atoms with Gasteiger partial charge in [0.1, 0.15) is 0 Å². The number of esters is 2. The second-order valence-electron chi connectivity index (χ2n) is 6.70. The highest BCUT2D eigenvalue weighted by Crippen LogP contribution is 2.23. The Morgan fingerprint density at radius 3 is 2.40 bits per heavy atom. The van der Waals surface area contributed by atoms with E-state index in [1.807, 2.05) is 38.1 Å². The smallest absolute Gasteiger partial charge is 0.340 e. The highest BCUT2D eigenvalue weighted by atomic mass is 16.5. The second-order valence-corrected chi connectivity index (χ2v) is 6.70. The van der Waals surface area contributed by atoms with Crippen LogP contribution in [0.2, 0.25) is 0 Å². The molecule has 3 rings (SSSR count). The Balaban J connectivity index is 1.91. The number of nitrogens with zero attached hydrogens (tertiary/aromatic N) is 2. The molecule has 0 fully saturated rings. The number of hydrogen-bond acceptors (Lipinski definition) is 5. The molecule has 3 aromatic rings. The van der Waals surface area contributed by atoms with Crippen molar-refractivity contribution in [1.82, 2.24) is 4.57 Å². The number of aromatic nitrogens is 1. The summed E-state index contributed by atoms with van der Waals surface area (Å²) in [6, 6.07) is 16.4. The minimum atomic E-state index is -0.421. The quantitative estimate of drug-likeness (QED) is 0.437. The summed E-state index contributed by atoms with van der Waals surface area (Å²) in [6.45, 7) is 6.13. The van der Waals surface area contributed by atoms with Gasteiger partial charge in [-0.1, -0.05) is 12.1 Å². The fourth-order valence-electron chi connectivity index (χ4n) is 3.28. The van der Waals surface area contributed by atoms with Gasteiger partial charge in [0.05, 0.1) is 30.5 Å². The molecule has 6 nitrogen and oxygen atoms in total. The summed E-state index contributed by atoms with van der Waals surface area (Å²) in [7, 11) is 1.35. The fourth-order valence-corrected chi connectivity index (χ4v) is 3.28. The molecule has 0 radical (unpaired) electrons. The first-order chi connectivity index (χ1) is 14.5. The SMILES string of the molecule is CCOC(=O)c1ccc(-n2c(C)cc(C=Nc3ccccc3C(=O)OC)c2C)cc1.